The molecular weight excluding hydrogens is 260 g/mol. The topological polar surface area (TPSA) is 68.5 Å². The highest BCUT2D eigenvalue weighted by atomic mass is 32.2. The second-order valence-electron chi connectivity index (χ2n) is 4.72. The minimum absolute atomic E-state index is 0.659. The van der Waals surface area contributed by atoms with Crippen molar-refractivity contribution in [1.29, 1.82) is 0 Å². The zero-order valence-corrected chi connectivity index (χ0v) is 12.2. The molecule has 0 fully saturated rings. The van der Waals surface area contributed by atoms with Crippen LogP contribution in [0, 0.1) is 5.92 Å². The molecule has 0 atom stereocenters. The van der Waals surface area contributed by atoms with Gasteiger partial charge in [0.25, 0.3) is 0 Å². The van der Waals surface area contributed by atoms with Crippen molar-refractivity contribution in [3.05, 3.63) is 23.9 Å². The van der Waals surface area contributed by atoms with Gasteiger partial charge in [-0.3, -0.25) is 0 Å². The summed E-state index contributed by atoms with van der Waals surface area (Å²) in [6.07, 6.45) is 1.89. The lowest BCUT2D eigenvalue weighted by molar-refractivity contribution is 0.551. The maximum atomic E-state index is 4.41. The molecule has 7 heteroatoms. The van der Waals surface area contributed by atoms with Crippen LogP contribution in [-0.4, -0.2) is 31.7 Å². The monoisotopic (exact) mass is 278 g/mol. The van der Waals surface area contributed by atoms with Gasteiger partial charge in [-0.2, -0.15) is 0 Å². The Bertz CT molecular complexity index is 507. The highest BCUT2D eigenvalue weighted by Gasteiger charge is 2.05. The molecule has 0 unspecified atom stereocenters. The van der Waals surface area contributed by atoms with Crippen molar-refractivity contribution in [2.24, 2.45) is 13.0 Å². The van der Waals surface area contributed by atoms with Crippen LogP contribution in [0.25, 0.3) is 0 Å². The van der Waals surface area contributed by atoms with Crippen molar-refractivity contribution < 1.29 is 0 Å². The van der Waals surface area contributed by atoms with Gasteiger partial charge in [0.15, 0.2) is 0 Å². The summed E-state index contributed by atoms with van der Waals surface area (Å²) < 4.78 is 1.63. The molecule has 19 heavy (non-hydrogen) atoms. The lowest BCUT2D eigenvalue weighted by Gasteiger charge is -2.07. The van der Waals surface area contributed by atoms with Crippen LogP contribution in [0.15, 0.2) is 28.5 Å². The predicted molar refractivity (Wildman–Crippen MR) is 73.7 cm³/mol. The van der Waals surface area contributed by atoms with Gasteiger partial charge in [0.1, 0.15) is 5.03 Å². The van der Waals surface area contributed by atoms with Crippen LogP contribution in [0.3, 0.4) is 0 Å². The Morgan fingerprint density at radius 1 is 1.37 bits per heavy atom. The fraction of sp³-hybridized carbons (Fsp3) is 0.500. The molecular formula is C12H18N6S. The van der Waals surface area contributed by atoms with Crippen LogP contribution >= 0.6 is 11.8 Å². The molecule has 2 rings (SSSR count). The Kier molecular flexibility index (Phi) is 4.86. The summed E-state index contributed by atoms with van der Waals surface area (Å²) in [5.74, 6) is 0.659. The fourth-order valence-corrected chi connectivity index (χ4v) is 2.16. The van der Waals surface area contributed by atoms with Crippen molar-refractivity contribution in [3.63, 3.8) is 0 Å². The van der Waals surface area contributed by atoms with Crippen molar-refractivity contribution in [1.82, 2.24) is 30.5 Å². The molecule has 0 aliphatic rings. The van der Waals surface area contributed by atoms with Gasteiger partial charge in [-0.25, -0.2) is 9.67 Å². The first-order valence-corrected chi connectivity index (χ1v) is 7.02. The Labute approximate surface area is 117 Å². The molecule has 0 spiro atoms. The summed E-state index contributed by atoms with van der Waals surface area (Å²) in [5, 5.41) is 16.3. The first-order chi connectivity index (χ1) is 9.15. The third-order valence-electron chi connectivity index (χ3n) is 2.46. The normalized spacial score (nSPS) is 11.2. The summed E-state index contributed by atoms with van der Waals surface area (Å²) >= 11 is 1.45. The van der Waals surface area contributed by atoms with Crippen LogP contribution in [0.1, 0.15) is 19.4 Å². The van der Waals surface area contributed by atoms with E-state index in [9.17, 15) is 0 Å². The lowest BCUT2D eigenvalue weighted by Crippen LogP contribution is -2.18. The van der Waals surface area contributed by atoms with Crippen LogP contribution in [0.5, 0.6) is 0 Å². The van der Waals surface area contributed by atoms with Crippen LogP contribution in [-0.2, 0) is 13.6 Å². The van der Waals surface area contributed by atoms with Gasteiger partial charge >= 0.3 is 0 Å². The fourth-order valence-electron chi connectivity index (χ4n) is 1.48. The molecule has 0 saturated heterocycles. The zero-order valence-electron chi connectivity index (χ0n) is 11.4. The van der Waals surface area contributed by atoms with E-state index in [1.165, 1.54) is 17.3 Å². The summed E-state index contributed by atoms with van der Waals surface area (Å²) in [4.78, 5) is 4.41. The number of nitrogens with one attached hydrogen (secondary N) is 1. The molecule has 0 aliphatic heterocycles. The molecule has 0 aromatic carbocycles. The molecule has 2 aromatic rings. The van der Waals surface area contributed by atoms with E-state index in [0.29, 0.717) is 5.92 Å². The summed E-state index contributed by atoms with van der Waals surface area (Å²) in [5.41, 5.74) is 1.18. The van der Waals surface area contributed by atoms with E-state index < -0.39 is 0 Å². The third-order valence-corrected chi connectivity index (χ3v) is 3.44. The van der Waals surface area contributed by atoms with Gasteiger partial charge in [0.05, 0.1) is 0 Å². The average molecular weight is 278 g/mol. The molecule has 0 amide bonds. The Morgan fingerprint density at radius 3 is 2.79 bits per heavy atom. The van der Waals surface area contributed by atoms with Gasteiger partial charge in [-0.15, -0.1) is 5.10 Å². The van der Waals surface area contributed by atoms with E-state index in [2.05, 4.69) is 45.7 Å². The number of aryl methyl sites for hydroxylation is 1. The minimum Gasteiger partial charge on any atom is -0.312 e. The summed E-state index contributed by atoms with van der Waals surface area (Å²) in [6.45, 7) is 6.25. The van der Waals surface area contributed by atoms with Crippen LogP contribution in [0.2, 0.25) is 0 Å². The first-order valence-electron chi connectivity index (χ1n) is 6.21. The standard InChI is InChI=1S/C12H18N6S/c1-9(2)6-13-7-10-4-5-11(14-8-10)19-12-15-16-17-18(12)3/h4-5,8-9,13H,6-7H2,1-3H3. The lowest BCUT2D eigenvalue weighted by atomic mass is 10.2. The second kappa shape index (κ2) is 6.63. The SMILES string of the molecule is CC(C)CNCc1ccc(Sc2nnnn2C)nc1. The minimum atomic E-state index is 0.659. The zero-order chi connectivity index (χ0) is 13.7. The second-order valence-corrected chi connectivity index (χ2v) is 5.70. The Balaban J connectivity index is 1.89. The maximum Gasteiger partial charge on any atom is 0.215 e. The Morgan fingerprint density at radius 2 is 2.21 bits per heavy atom. The van der Waals surface area contributed by atoms with E-state index in [4.69, 9.17) is 0 Å². The van der Waals surface area contributed by atoms with Crippen LogP contribution in [0.4, 0.5) is 0 Å². The number of nitrogens with zero attached hydrogens (tertiary/aromatic N) is 5. The van der Waals surface area contributed by atoms with Gasteiger partial charge in [0.2, 0.25) is 5.16 Å². The van der Waals surface area contributed by atoms with E-state index in [-0.39, 0.29) is 0 Å². The van der Waals surface area contributed by atoms with E-state index in [1.807, 2.05) is 19.3 Å². The molecule has 1 N–H and O–H groups in total. The number of hydrogen-bond donors (Lipinski definition) is 1. The first kappa shape index (κ1) is 14.0. The summed E-state index contributed by atoms with van der Waals surface area (Å²) in [6, 6.07) is 4.07. The van der Waals surface area contributed by atoms with Crippen molar-refractivity contribution in [2.45, 2.75) is 30.6 Å². The van der Waals surface area contributed by atoms with E-state index in [1.54, 1.807) is 4.68 Å². The van der Waals surface area contributed by atoms with Crippen molar-refractivity contribution >= 4 is 11.8 Å². The molecule has 0 radical (unpaired) electrons. The highest BCUT2D eigenvalue weighted by molar-refractivity contribution is 7.99. The quantitative estimate of drug-likeness (QED) is 0.863. The number of tetrazole rings is 1. The molecule has 102 valence electrons. The molecule has 2 aromatic heterocycles. The third kappa shape index (κ3) is 4.29. The van der Waals surface area contributed by atoms with Gasteiger partial charge in [-0.1, -0.05) is 19.9 Å². The Hall–Kier alpha value is -1.47. The van der Waals surface area contributed by atoms with Crippen molar-refractivity contribution in [3.8, 4) is 0 Å². The molecule has 0 aliphatic carbocycles. The van der Waals surface area contributed by atoms with E-state index in [0.717, 1.165) is 23.3 Å². The number of pyridine rings is 1. The summed E-state index contributed by atoms with van der Waals surface area (Å²) in [7, 11) is 1.81. The molecule has 2 heterocycles. The molecule has 0 bridgehead atoms. The maximum absolute atomic E-state index is 4.41. The van der Waals surface area contributed by atoms with Crippen LogP contribution < -0.4 is 5.32 Å². The smallest absolute Gasteiger partial charge is 0.215 e. The molecule has 6 nitrogen and oxygen atoms in total. The van der Waals surface area contributed by atoms with Crippen molar-refractivity contribution in [2.75, 3.05) is 6.54 Å². The largest absolute Gasteiger partial charge is 0.312 e. The number of hydrogen-bond acceptors (Lipinski definition) is 6. The number of rotatable bonds is 6. The van der Waals surface area contributed by atoms with Gasteiger partial charge in [0, 0.05) is 19.8 Å². The highest BCUT2D eigenvalue weighted by Crippen LogP contribution is 2.22. The molecule has 0 saturated carbocycles. The van der Waals surface area contributed by atoms with Gasteiger partial charge in [-0.05, 0) is 46.3 Å². The van der Waals surface area contributed by atoms with Gasteiger partial charge < -0.3 is 5.32 Å². The predicted octanol–water partition coefficient (Wildman–Crippen LogP) is 1.50. The van der Waals surface area contributed by atoms with E-state index >= 15 is 0 Å². The number of aromatic nitrogens is 5. The average Bonchev–Trinajstić information content (AvgIpc) is 2.77.